The zero-order valence-electron chi connectivity index (χ0n) is 6.50. The summed E-state index contributed by atoms with van der Waals surface area (Å²) in [7, 11) is 0. The first-order chi connectivity index (χ1) is 4.29. The molecular formula is C5H14N2O3. The molecule has 0 spiro atoms. The van der Waals surface area contributed by atoms with Gasteiger partial charge in [0.05, 0.1) is 0 Å². The molecule has 3 N–H and O–H groups in total. The summed E-state index contributed by atoms with van der Waals surface area (Å²) in [5.74, 6) is 0. The maximum absolute atomic E-state index is 8.36. The Bertz CT molecular complexity index is 93.6. The fourth-order valence-corrected chi connectivity index (χ4v) is 0. The molecule has 0 aromatic rings. The van der Waals surface area contributed by atoms with E-state index in [1.165, 1.54) is 0 Å². The quantitative estimate of drug-likeness (QED) is 0.427. The number of nitrogens with two attached hydrogens (primary N) is 1. The summed E-state index contributed by atoms with van der Waals surface area (Å²) in [6.45, 7) is 6.12. The molecule has 0 aliphatic rings. The highest BCUT2D eigenvalue weighted by Crippen LogP contribution is 1.99. The van der Waals surface area contributed by atoms with E-state index in [1.807, 2.05) is 13.8 Å². The second-order valence-electron chi connectivity index (χ2n) is 2.58. The van der Waals surface area contributed by atoms with Gasteiger partial charge >= 0.3 is 0 Å². The van der Waals surface area contributed by atoms with E-state index in [0.717, 1.165) is 6.42 Å². The highest BCUT2D eigenvalue weighted by molar-refractivity contribution is 4.66. The van der Waals surface area contributed by atoms with Crippen LogP contribution in [0.15, 0.2) is 0 Å². The highest BCUT2D eigenvalue weighted by atomic mass is 16.9. The van der Waals surface area contributed by atoms with Gasteiger partial charge in [0.2, 0.25) is 0 Å². The Balaban J connectivity index is 0. The lowest BCUT2D eigenvalue weighted by molar-refractivity contribution is -0.742. The van der Waals surface area contributed by atoms with Crippen LogP contribution in [0.5, 0.6) is 0 Å². The maximum Gasteiger partial charge on any atom is 0.291 e. The molecule has 0 atom stereocenters. The van der Waals surface area contributed by atoms with Crippen molar-refractivity contribution in [1.82, 2.24) is 0 Å². The summed E-state index contributed by atoms with van der Waals surface area (Å²) < 4.78 is 0. The third kappa shape index (κ3) is 58.2. The van der Waals surface area contributed by atoms with Gasteiger partial charge < -0.3 is 10.9 Å². The van der Waals surface area contributed by atoms with Crippen molar-refractivity contribution < 1.29 is 10.3 Å². The summed E-state index contributed by atoms with van der Waals surface area (Å²) in [4.78, 5) is 8.36. The molecule has 0 unspecified atom stereocenters. The lowest BCUT2D eigenvalue weighted by Crippen LogP contribution is -2.30. The molecule has 0 fully saturated rings. The van der Waals surface area contributed by atoms with Crippen LogP contribution in [0.2, 0.25) is 0 Å². The molecule has 0 radical (unpaired) electrons. The zero-order valence-corrected chi connectivity index (χ0v) is 6.50. The van der Waals surface area contributed by atoms with E-state index in [4.69, 9.17) is 21.1 Å². The van der Waals surface area contributed by atoms with Crippen LogP contribution in [0.3, 0.4) is 0 Å². The Morgan fingerprint density at radius 2 is 1.80 bits per heavy atom. The summed E-state index contributed by atoms with van der Waals surface area (Å²) in [6, 6.07) is 0. The van der Waals surface area contributed by atoms with Gasteiger partial charge in [-0.1, -0.05) is 6.92 Å². The largest absolute Gasteiger partial charge is 0.328 e. The van der Waals surface area contributed by atoms with E-state index in [0.29, 0.717) is 0 Å². The summed E-state index contributed by atoms with van der Waals surface area (Å²) >= 11 is 0. The second kappa shape index (κ2) is 4.99. The van der Waals surface area contributed by atoms with E-state index >= 15 is 0 Å². The van der Waals surface area contributed by atoms with Crippen LogP contribution in [0, 0.1) is 10.1 Å². The zero-order chi connectivity index (χ0) is 8.78. The second-order valence-corrected chi connectivity index (χ2v) is 2.58. The van der Waals surface area contributed by atoms with Crippen LogP contribution in [-0.4, -0.2) is 15.8 Å². The van der Waals surface area contributed by atoms with E-state index in [9.17, 15) is 0 Å². The lowest BCUT2D eigenvalue weighted by atomic mass is 10.1. The van der Waals surface area contributed by atoms with Crippen LogP contribution in [-0.2, 0) is 0 Å². The van der Waals surface area contributed by atoms with Crippen LogP contribution >= 0.6 is 0 Å². The highest BCUT2D eigenvalue weighted by Gasteiger charge is 2.03. The molecule has 0 amide bonds. The number of hydrogen-bond donors (Lipinski definition) is 2. The predicted molar refractivity (Wildman–Crippen MR) is 37.3 cm³/mol. The minimum Gasteiger partial charge on any atom is -0.328 e. The van der Waals surface area contributed by atoms with Gasteiger partial charge in [0.1, 0.15) is 0 Å². The van der Waals surface area contributed by atoms with Gasteiger partial charge in [-0.2, -0.15) is 0 Å². The van der Waals surface area contributed by atoms with Crippen molar-refractivity contribution in [2.24, 2.45) is 5.73 Å². The van der Waals surface area contributed by atoms with Crippen molar-refractivity contribution in [3.05, 3.63) is 10.1 Å². The van der Waals surface area contributed by atoms with Crippen molar-refractivity contribution in [3.8, 4) is 0 Å². The van der Waals surface area contributed by atoms with Gasteiger partial charge in [0.25, 0.3) is 5.09 Å². The molecule has 62 valence electrons. The third-order valence-electron chi connectivity index (χ3n) is 0.911. The molecule has 0 bridgehead atoms. The molecule has 0 heterocycles. The standard InChI is InChI=1S/C5H13N.HNO3/c1-4-5(2,3)6;2-1(3)4/h4,6H2,1-3H3;(H,2,3,4). The Hall–Kier alpha value is -0.840. The van der Waals surface area contributed by atoms with Crippen molar-refractivity contribution in [2.45, 2.75) is 32.7 Å². The molecule has 0 saturated heterocycles. The monoisotopic (exact) mass is 150 g/mol. The van der Waals surface area contributed by atoms with Gasteiger partial charge in [-0.3, -0.25) is 0 Å². The van der Waals surface area contributed by atoms with Crippen molar-refractivity contribution >= 4 is 0 Å². The SMILES string of the molecule is CCC(C)(C)N.O=[N+]([O-])O. The summed E-state index contributed by atoms with van der Waals surface area (Å²) in [5.41, 5.74) is 5.58. The van der Waals surface area contributed by atoms with E-state index < -0.39 is 5.09 Å². The average molecular weight is 150 g/mol. The minimum atomic E-state index is -1.50. The number of rotatable bonds is 1. The molecule has 0 aromatic carbocycles. The smallest absolute Gasteiger partial charge is 0.291 e. The molecule has 0 aliphatic carbocycles. The first-order valence-corrected chi connectivity index (χ1v) is 2.91. The van der Waals surface area contributed by atoms with Gasteiger partial charge in [-0.05, 0) is 20.3 Å². The molecule has 0 rings (SSSR count). The molecule has 0 saturated carbocycles. The van der Waals surface area contributed by atoms with Crippen molar-refractivity contribution in [2.75, 3.05) is 0 Å². The van der Waals surface area contributed by atoms with Crippen molar-refractivity contribution in [1.29, 1.82) is 0 Å². The normalized spacial score (nSPS) is 9.60. The van der Waals surface area contributed by atoms with E-state index in [1.54, 1.807) is 0 Å². The van der Waals surface area contributed by atoms with E-state index in [-0.39, 0.29) is 5.54 Å². The molecule has 0 aliphatic heterocycles. The molecule has 0 aromatic heterocycles. The first-order valence-electron chi connectivity index (χ1n) is 2.91. The minimum absolute atomic E-state index is 0.0417. The number of nitrogens with zero attached hydrogens (tertiary/aromatic N) is 1. The summed E-state index contributed by atoms with van der Waals surface area (Å²) in [5, 5.41) is 13.6. The Morgan fingerprint density at radius 1 is 1.70 bits per heavy atom. The molecular weight excluding hydrogens is 136 g/mol. The predicted octanol–water partition coefficient (Wildman–Crippen LogP) is 0.786. The van der Waals surface area contributed by atoms with Crippen LogP contribution in [0.4, 0.5) is 0 Å². The topological polar surface area (TPSA) is 89.4 Å². The van der Waals surface area contributed by atoms with Gasteiger partial charge in [-0.15, -0.1) is 10.1 Å². The van der Waals surface area contributed by atoms with Crippen LogP contribution in [0.25, 0.3) is 0 Å². The molecule has 5 heteroatoms. The number of hydrogen-bond acceptors (Lipinski definition) is 3. The fraction of sp³-hybridized carbons (Fsp3) is 1.00. The lowest BCUT2D eigenvalue weighted by Gasteiger charge is -2.13. The van der Waals surface area contributed by atoms with E-state index in [2.05, 4.69) is 6.92 Å². The van der Waals surface area contributed by atoms with Crippen molar-refractivity contribution in [3.63, 3.8) is 0 Å². The fourth-order valence-electron chi connectivity index (χ4n) is 0. The maximum atomic E-state index is 8.36. The Morgan fingerprint density at radius 3 is 1.80 bits per heavy atom. The van der Waals surface area contributed by atoms with Gasteiger partial charge in [0, 0.05) is 5.54 Å². The summed E-state index contributed by atoms with van der Waals surface area (Å²) in [6.07, 6.45) is 1.05. The molecule has 10 heavy (non-hydrogen) atoms. The molecule has 5 nitrogen and oxygen atoms in total. The van der Waals surface area contributed by atoms with Gasteiger partial charge in [-0.25, -0.2) is 0 Å². The van der Waals surface area contributed by atoms with Crippen LogP contribution in [0.1, 0.15) is 27.2 Å². The van der Waals surface area contributed by atoms with Gasteiger partial charge in [0.15, 0.2) is 0 Å². The average Bonchev–Trinajstić information content (AvgIpc) is 1.63. The third-order valence-corrected chi connectivity index (χ3v) is 0.911. The Labute approximate surface area is 59.9 Å². The first kappa shape index (κ1) is 11.9. The van der Waals surface area contributed by atoms with Crippen LogP contribution < -0.4 is 5.73 Å². The Kier molecular flexibility index (Phi) is 5.93.